The molecule has 28 heavy (non-hydrogen) atoms. The number of amides is 2. The highest BCUT2D eigenvalue weighted by Gasteiger charge is 2.35. The summed E-state index contributed by atoms with van der Waals surface area (Å²) in [5.41, 5.74) is 1.06. The van der Waals surface area contributed by atoms with Crippen LogP contribution in [-0.4, -0.2) is 44.8 Å². The first-order valence-electron chi connectivity index (χ1n) is 9.87. The molecule has 0 spiro atoms. The van der Waals surface area contributed by atoms with Gasteiger partial charge in [0.2, 0.25) is 5.91 Å². The third-order valence-corrected chi connectivity index (χ3v) is 5.49. The molecule has 1 fully saturated rings. The number of hydrogen-bond acceptors (Lipinski definition) is 2. The fourth-order valence-corrected chi connectivity index (χ4v) is 3.32. The maximum atomic E-state index is 14.2. The van der Waals surface area contributed by atoms with Crippen molar-refractivity contribution in [3.63, 3.8) is 0 Å². The smallest absolute Gasteiger partial charge is 0.257 e. The van der Waals surface area contributed by atoms with Crippen LogP contribution in [0, 0.1) is 5.82 Å². The quantitative estimate of drug-likeness (QED) is 0.697. The molecule has 5 nitrogen and oxygen atoms in total. The standard InChI is InChI=1S/C22H28FN3O2/c1-4-16(2)25(22(28)19-9-5-6-10-20(19)23)15-21(27)26(17-11-12-17)14-18-8-7-13-24(18)3/h5-10,13,16-17H,4,11-12,14-15H2,1-3H3/t16-/m1/s1. The molecular weight excluding hydrogens is 357 g/mol. The van der Waals surface area contributed by atoms with Gasteiger partial charge in [0.1, 0.15) is 12.4 Å². The first kappa shape index (κ1) is 20.1. The molecule has 0 saturated heterocycles. The topological polar surface area (TPSA) is 45.6 Å². The normalized spacial score (nSPS) is 14.6. The van der Waals surface area contributed by atoms with E-state index in [9.17, 15) is 14.0 Å². The molecule has 1 atom stereocenters. The molecule has 0 aliphatic heterocycles. The van der Waals surface area contributed by atoms with Crippen molar-refractivity contribution < 1.29 is 14.0 Å². The average Bonchev–Trinajstić information content (AvgIpc) is 3.45. The third kappa shape index (κ3) is 4.43. The molecule has 2 aromatic rings. The Bertz CT molecular complexity index is 844. The molecule has 2 amide bonds. The van der Waals surface area contributed by atoms with Gasteiger partial charge < -0.3 is 14.4 Å². The van der Waals surface area contributed by atoms with Crippen molar-refractivity contribution in [2.24, 2.45) is 7.05 Å². The van der Waals surface area contributed by atoms with E-state index in [-0.39, 0.29) is 30.1 Å². The van der Waals surface area contributed by atoms with E-state index in [0.29, 0.717) is 13.0 Å². The van der Waals surface area contributed by atoms with Crippen molar-refractivity contribution in [3.05, 3.63) is 59.7 Å². The van der Waals surface area contributed by atoms with E-state index in [1.807, 2.05) is 48.7 Å². The summed E-state index contributed by atoms with van der Waals surface area (Å²) in [6.07, 6.45) is 4.62. The molecule has 1 heterocycles. The van der Waals surface area contributed by atoms with Gasteiger partial charge in [-0.2, -0.15) is 0 Å². The Hall–Kier alpha value is -2.63. The van der Waals surface area contributed by atoms with Gasteiger partial charge in [0.05, 0.1) is 12.1 Å². The maximum absolute atomic E-state index is 14.2. The third-order valence-electron chi connectivity index (χ3n) is 5.49. The SMILES string of the molecule is CC[C@@H](C)N(CC(=O)N(Cc1cccn1C)C1CC1)C(=O)c1ccccc1F. The molecule has 0 radical (unpaired) electrons. The fourth-order valence-electron chi connectivity index (χ4n) is 3.32. The van der Waals surface area contributed by atoms with E-state index < -0.39 is 11.7 Å². The van der Waals surface area contributed by atoms with Gasteiger partial charge in [-0.25, -0.2) is 4.39 Å². The minimum absolute atomic E-state index is 0.0102. The number of carbonyl (C=O) groups excluding carboxylic acids is 2. The second-order valence-corrected chi connectivity index (χ2v) is 7.53. The van der Waals surface area contributed by atoms with Gasteiger partial charge in [-0.3, -0.25) is 9.59 Å². The molecule has 0 unspecified atom stereocenters. The number of rotatable bonds is 8. The zero-order valence-corrected chi connectivity index (χ0v) is 16.8. The molecular formula is C22H28FN3O2. The van der Waals surface area contributed by atoms with Crippen molar-refractivity contribution >= 4 is 11.8 Å². The van der Waals surface area contributed by atoms with Crippen LogP contribution in [0.1, 0.15) is 49.2 Å². The molecule has 0 N–H and O–H groups in total. The van der Waals surface area contributed by atoms with Crippen LogP contribution in [0.3, 0.4) is 0 Å². The first-order valence-corrected chi connectivity index (χ1v) is 9.87. The second kappa shape index (κ2) is 8.59. The molecule has 1 aromatic heterocycles. The number of halogens is 1. The lowest BCUT2D eigenvalue weighted by molar-refractivity contribution is -0.133. The molecule has 1 saturated carbocycles. The van der Waals surface area contributed by atoms with Gasteiger partial charge in [-0.05, 0) is 50.5 Å². The summed E-state index contributed by atoms with van der Waals surface area (Å²) in [4.78, 5) is 29.5. The fraction of sp³-hybridized carbons (Fsp3) is 0.455. The van der Waals surface area contributed by atoms with Gasteiger partial charge in [0, 0.05) is 31.0 Å². The van der Waals surface area contributed by atoms with E-state index in [0.717, 1.165) is 18.5 Å². The number of benzene rings is 1. The number of hydrogen-bond donors (Lipinski definition) is 0. The van der Waals surface area contributed by atoms with Gasteiger partial charge in [-0.1, -0.05) is 19.1 Å². The van der Waals surface area contributed by atoms with Crippen LogP contribution in [0.2, 0.25) is 0 Å². The molecule has 1 aromatic carbocycles. The molecule has 1 aliphatic carbocycles. The minimum Gasteiger partial charge on any atom is -0.353 e. The molecule has 150 valence electrons. The summed E-state index contributed by atoms with van der Waals surface area (Å²) in [5.74, 6) is -1.08. The van der Waals surface area contributed by atoms with E-state index in [4.69, 9.17) is 0 Å². The van der Waals surface area contributed by atoms with Crippen LogP contribution in [0.4, 0.5) is 4.39 Å². The van der Waals surface area contributed by atoms with Gasteiger partial charge >= 0.3 is 0 Å². The molecule has 1 aliphatic rings. The Labute approximate surface area is 165 Å². The Balaban J connectivity index is 1.79. The Morgan fingerprint density at radius 3 is 2.50 bits per heavy atom. The van der Waals surface area contributed by atoms with Gasteiger partial charge in [0.15, 0.2) is 0 Å². The van der Waals surface area contributed by atoms with Crippen molar-refractivity contribution in [2.45, 2.75) is 51.7 Å². The number of nitrogens with zero attached hydrogens (tertiary/aromatic N) is 3. The Morgan fingerprint density at radius 2 is 1.93 bits per heavy atom. The van der Waals surface area contributed by atoms with Crippen molar-refractivity contribution in [1.82, 2.24) is 14.4 Å². The van der Waals surface area contributed by atoms with Crippen molar-refractivity contribution in [2.75, 3.05) is 6.54 Å². The van der Waals surface area contributed by atoms with E-state index in [1.165, 1.54) is 17.0 Å². The van der Waals surface area contributed by atoms with Crippen molar-refractivity contribution in [1.29, 1.82) is 0 Å². The van der Waals surface area contributed by atoms with E-state index >= 15 is 0 Å². The molecule has 6 heteroatoms. The van der Waals surface area contributed by atoms with Gasteiger partial charge in [-0.15, -0.1) is 0 Å². The Morgan fingerprint density at radius 1 is 1.21 bits per heavy atom. The van der Waals surface area contributed by atoms with Crippen LogP contribution in [0.5, 0.6) is 0 Å². The highest BCUT2D eigenvalue weighted by atomic mass is 19.1. The summed E-state index contributed by atoms with van der Waals surface area (Å²) in [5, 5.41) is 0. The zero-order chi connectivity index (χ0) is 20.3. The lowest BCUT2D eigenvalue weighted by Crippen LogP contribution is -2.47. The second-order valence-electron chi connectivity index (χ2n) is 7.53. The van der Waals surface area contributed by atoms with Crippen LogP contribution in [0.25, 0.3) is 0 Å². The highest BCUT2D eigenvalue weighted by Crippen LogP contribution is 2.29. The van der Waals surface area contributed by atoms with Crippen LogP contribution < -0.4 is 0 Å². The summed E-state index contributed by atoms with van der Waals surface area (Å²) in [6, 6.07) is 9.96. The first-order chi connectivity index (χ1) is 13.4. The monoisotopic (exact) mass is 385 g/mol. The van der Waals surface area contributed by atoms with Crippen LogP contribution >= 0.6 is 0 Å². The number of carbonyl (C=O) groups is 2. The predicted octanol–water partition coefficient (Wildman–Crippen LogP) is 3.60. The highest BCUT2D eigenvalue weighted by molar-refractivity contribution is 5.97. The zero-order valence-electron chi connectivity index (χ0n) is 16.8. The Kier molecular flexibility index (Phi) is 6.17. The summed E-state index contributed by atoms with van der Waals surface area (Å²) >= 11 is 0. The van der Waals surface area contributed by atoms with Crippen LogP contribution in [0.15, 0.2) is 42.6 Å². The number of aryl methyl sites for hydroxylation is 1. The number of aromatic nitrogens is 1. The largest absolute Gasteiger partial charge is 0.353 e. The van der Waals surface area contributed by atoms with Crippen molar-refractivity contribution in [3.8, 4) is 0 Å². The van der Waals surface area contributed by atoms with E-state index in [1.54, 1.807) is 12.1 Å². The lowest BCUT2D eigenvalue weighted by atomic mass is 10.1. The average molecular weight is 385 g/mol. The summed E-state index contributed by atoms with van der Waals surface area (Å²) in [6.45, 7) is 4.34. The molecule has 0 bridgehead atoms. The van der Waals surface area contributed by atoms with Crippen LogP contribution in [-0.2, 0) is 18.4 Å². The predicted molar refractivity (Wildman–Crippen MR) is 106 cm³/mol. The summed E-state index contributed by atoms with van der Waals surface area (Å²) in [7, 11) is 1.96. The lowest BCUT2D eigenvalue weighted by Gasteiger charge is -2.31. The minimum atomic E-state index is -0.559. The summed E-state index contributed by atoms with van der Waals surface area (Å²) < 4.78 is 16.2. The van der Waals surface area contributed by atoms with Gasteiger partial charge in [0.25, 0.3) is 5.91 Å². The maximum Gasteiger partial charge on any atom is 0.257 e. The van der Waals surface area contributed by atoms with E-state index in [2.05, 4.69) is 0 Å². The molecule has 3 rings (SSSR count).